The van der Waals surface area contributed by atoms with Crippen molar-refractivity contribution in [2.24, 2.45) is 0 Å². The Bertz CT molecular complexity index is 835. The van der Waals surface area contributed by atoms with E-state index in [4.69, 9.17) is 12.2 Å². The van der Waals surface area contributed by atoms with Gasteiger partial charge >= 0.3 is 0 Å². The van der Waals surface area contributed by atoms with E-state index in [0.717, 1.165) is 26.8 Å². The van der Waals surface area contributed by atoms with Gasteiger partial charge in [-0.05, 0) is 55.0 Å². The molecule has 0 atom stereocenters. The fourth-order valence-corrected chi connectivity index (χ4v) is 2.66. The zero-order valence-corrected chi connectivity index (χ0v) is 12.5. The number of hydrogen-bond donors (Lipinski definition) is 1. The van der Waals surface area contributed by atoms with Crippen LogP contribution in [0.2, 0.25) is 0 Å². The number of benzene rings is 2. The first kappa shape index (κ1) is 12.6. The minimum absolute atomic E-state index is 0.274. The van der Waals surface area contributed by atoms with Crippen molar-refractivity contribution < 1.29 is 4.39 Å². The molecule has 19 heavy (non-hydrogen) atoms. The summed E-state index contributed by atoms with van der Waals surface area (Å²) in [7, 11) is 0. The van der Waals surface area contributed by atoms with Crippen molar-refractivity contribution in [3.63, 3.8) is 0 Å². The summed E-state index contributed by atoms with van der Waals surface area (Å²) in [6.07, 6.45) is 0. The second kappa shape index (κ2) is 4.58. The van der Waals surface area contributed by atoms with E-state index in [1.807, 2.05) is 29.7 Å². The number of nitrogens with zero attached hydrogens (tertiary/aromatic N) is 1. The minimum Gasteiger partial charge on any atom is -0.330 e. The van der Waals surface area contributed by atoms with E-state index in [2.05, 4.69) is 20.9 Å². The molecule has 1 heterocycles. The first-order chi connectivity index (χ1) is 9.06. The quantitative estimate of drug-likeness (QED) is 0.627. The maximum Gasteiger partial charge on any atom is 0.182 e. The molecule has 3 aromatic rings. The highest BCUT2D eigenvalue weighted by atomic mass is 79.9. The Morgan fingerprint density at radius 2 is 2.00 bits per heavy atom. The molecule has 0 saturated heterocycles. The molecular weight excluding hydrogens is 327 g/mol. The fraction of sp³-hybridized carbons (Fsp3) is 0.0714. The van der Waals surface area contributed by atoms with Crippen molar-refractivity contribution in [3.8, 4) is 5.69 Å². The number of rotatable bonds is 1. The monoisotopic (exact) mass is 336 g/mol. The number of aromatic nitrogens is 2. The van der Waals surface area contributed by atoms with Gasteiger partial charge in [0, 0.05) is 16.2 Å². The Morgan fingerprint density at radius 3 is 2.74 bits per heavy atom. The lowest BCUT2D eigenvalue weighted by Gasteiger charge is -2.07. The Balaban J connectivity index is 2.35. The van der Waals surface area contributed by atoms with Gasteiger partial charge in [-0.1, -0.05) is 15.9 Å². The van der Waals surface area contributed by atoms with Gasteiger partial charge in [-0.25, -0.2) is 4.39 Å². The van der Waals surface area contributed by atoms with Gasteiger partial charge in [0.25, 0.3) is 0 Å². The number of aromatic amines is 1. The SMILES string of the molecule is Cc1cc(-n2c(=S)[nH]c3ccc(F)cc32)ccc1Br. The summed E-state index contributed by atoms with van der Waals surface area (Å²) >= 11 is 8.80. The molecule has 0 saturated carbocycles. The Kier molecular flexibility index (Phi) is 3.03. The Morgan fingerprint density at radius 1 is 1.21 bits per heavy atom. The maximum absolute atomic E-state index is 13.4. The zero-order chi connectivity index (χ0) is 13.6. The summed E-state index contributed by atoms with van der Waals surface area (Å²) in [6, 6.07) is 10.5. The van der Waals surface area contributed by atoms with Gasteiger partial charge in [0.15, 0.2) is 4.77 Å². The molecule has 0 amide bonds. The molecular formula is C14H10BrFN2S. The smallest absolute Gasteiger partial charge is 0.182 e. The number of hydrogen-bond acceptors (Lipinski definition) is 1. The van der Waals surface area contributed by atoms with Crippen molar-refractivity contribution in [1.82, 2.24) is 9.55 Å². The number of halogens is 2. The highest BCUT2D eigenvalue weighted by Crippen LogP contribution is 2.24. The summed E-state index contributed by atoms with van der Waals surface area (Å²) in [5.41, 5.74) is 3.59. The van der Waals surface area contributed by atoms with E-state index in [0.29, 0.717) is 4.77 Å². The van der Waals surface area contributed by atoms with E-state index in [1.165, 1.54) is 12.1 Å². The molecule has 0 spiro atoms. The summed E-state index contributed by atoms with van der Waals surface area (Å²) < 4.78 is 16.9. The second-order valence-corrected chi connectivity index (χ2v) is 5.60. The minimum atomic E-state index is -0.274. The molecule has 1 aromatic heterocycles. The van der Waals surface area contributed by atoms with Gasteiger partial charge in [0.05, 0.1) is 11.0 Å². The molecule has 0 unspecified atom stereocenters. The van der Waals surface area contributed by atoms with E-state index in [-0.39, 0.29) is 5.82 Å². The lowest BCUT2D eigenvalue weighted by molar-refractivity contribution is 0.629. The van der Waals surface area contributed by atoms with Crippen molar-refractivity contribution in [1.29, 1.82) is 0 Å². The summed E-state index contributed by atoms with van der Waals surface area (Å²) in [5.74, 6) is -0.274. The maximum atomic E-state index is 13.4. The topological polar surface area (TPSA) is 20.7 Å². The molecule has 3 rings (SSSR count). The van der Waals surface area contributed by atoms with Crippen LogP contribution in [0.5, 0.6) is 0 Å². The normalized spacial score (nSPS) is 11.1. The largest absolute Gasteiger partial charge is 0.330 e. The van der Waals surface area contributed by atoms with Crippen LogP contribution in [-0.4, -0.2) is 9.55 Å². The Labute approximate surface area is 123 Å². The molecule has 0 aliphatic heterocycles. The average molecular weight is 337 g/mol. The molecule has 0 aliphatic rings. The third-order valence-electron chi connectivity index (χ3n) is 3.05. The van der Waals surface area contributed by atoms with Crippen LogP contribution in [0.4, 0.5) is 4.39 Å². The zero-order valence-electron chi connectivity index (χ0n) is 10.1. The van der Waals surface area contributed by atoms with Crippen LogP contribution in [0.3, 0.4) is 0 Å². The third-order valence-corrected chi connectivity index (χ3v) is 4.22. The summed E-state index contributed by atoms with van der Waals surface area (Å²) in [6.45, 7) is 2.01. The van der Waals surface area contributed by atoms with Crippen LogP contribution in [0.1, 0.15) is 5.56 Å². The van der Waals surface area contributed by atoms with Crippen LogP contribution in [0.25, 0.3) is 16.7 Å². The van der Waals surface area contributed by atoms with E-state index >= 15 is 0 Å². The highest BCUT2D eigenvalue weighted by molar-refractivity contribution is 9.10. The lowest BCUT2D eigenvalue weighted by atomic mass is 10.2. The van der Waals surface area contributed by atoms with Crippen LogP contribution >= 0.6 is 28.1 Å². The summed E-state index contributed by atoms with van der Waals surface area (Å²) in [4.78, 5) is 3.09. The van der Waals surface area contributed by atoms with Crippen LogP contribution in [-0.2, 0) is 0 Å². The van der Waals surface area contributed by atoms with Crippen LogP contribution in [0.15, 0.2) is 40.9 Å². The number of fused-ring (bicyclic) bond motifs is 1. The van der Waals surface area contributed by atoms with E-state index in [1.54, 1.807) is 6.07 Å². The second-order valence-electron chi connectivity index (χ2n) is 4.36. The highest BCUT2D eigenvalue weighted by Gasteiger charge is 2.08. The number of aryl methyl sites for hydroxylation is 1. The molecule has 2 nitrogen and oxygen atoms in total. The molecule has 0 bridgehead atoms. The molecule has 2 aromatic carbocycles. The predicted octanol–water partition coefficient (Wildman–Crippen LogP) is 4.90. The lowest BCUT2D eigenvalue weighted by Crippen LogP contribution is -1.95. The van der Waals surface area contributed by atoms with E-state index < -0.39 is 0 Å². The van der Waals surface area contributed by atoms with Crippen molar-refractivity contribution >= 4 is 39.2 Å². The number of H-pyrrole nitrogens is 1. The van der Waals surface area contributed by atoms with Gasteiger partial charge in [-0.15, -0.1) is 0 Å². The average Bonchev–Trinajstić information content (AvgIpc) is 2.68. The number of imidazole rings is 1. The number of nitrogens with one attached hydrogen (secondary N) is 1. The van der Waals surface area contributed by atoms with Crippen molar-refractivity contribution in [2.75, 3.05) is 0 Å². The van der Waals surface area contributed by atoms with Gasteiger partial charge in [-0.3, -0.25) is 4.57 Å². The molecule has 0 radical (unpaired) electrons. The predicted molar refractivity (Wildman–Crippen MR) is 80.9 cm³/mol. The summed E-state index contributed by atoms with van der Waals surface area (Å²) in [5, 5.41) is 0. The molecule has 1 N–H and O–H groups in total. The van der Waals surface area contributed by atoms with Crippen LogP contribution < -0.4 is 0 Å². The molecule has 0 fully saturated rings. The van der Waals surface area contributed by atoms with Gasteiger partial charge in [0.1, 0.15) is 5.82 Å². The van der Waals surface area contributed by atoms with E-state index in [9.17, 15) is 4.39 Å². The molecule has 5 heteroatoms. The van der Waals surface area contributed by atoms with Crippen molar-refractivity contribution in [2.45, 2.75) is 6.92 Å². The van der Waals surface area contributed by atoms with Crippen LogP contribution in [0, 0.1) is 17.5 Å². The third kappa shape index (κ3) is 2.13. The fourth-order valence-electron chi connectivity index (χ4n) is 2.10. The van der Waals surface area contributed by atoms with Gasteiger partial charge < -0.3 is 4.98 Å². The van der Waals surface area contributed by atoms with Gasteiger partial charge in [-0.2, -0.15) is 0 Å². The first-order valence-electron chi connectivity index (χ1n) is 5.73. The molecule has 96 valence electrons. The van der Waals surface area contributed by atoms with Crippen molar-refractivity contribution in [3.05, 3.63) is 57.0 Å². The Hall–Kier alpha value is -1.46. The standard InChI is InChI=1S/C14H10BrFN2S/c1-8-6-10(3-4-11(8)15)18-13-7-9(16)2-5-12(13)17-14(18)19/h2-7H,1H3,(H,17,19). The molecule has 0 aliphatic carbocycles. The van der Waals surface area contributed by atoms with Gasteiger partial charge in [0.2, 0.25) is 0 Å². The first-order valence-corrected chi connectivity index (χ1v) is 6.93.